The first-order chi connectivity index (χ1) is 16.2. The van der Waals surface area contributed by atoms with E-state index in [9.17, 15) is 26.4 Å². The number of nitrogens with zero attached hydrogens (tertiary/aromatic N) is 2. The van der Waals surface area contributed by atoms with E-state index in [1.165, 1.54) is 0 Å². The molecule has 4 rings (SSSR count). The van der Waals surface area contributed by atoms with Crippen LogP contribution in [0.1, 0.15) is 56.0 Å². The van der Waals surface area contributed by atoms with Crippen molar-refractivity contribution in [2.24, 2.45) is 5.41 Å². The molecule has 0 bridgehead atoms. The number of ketones is 1. The highest BCUT2D eigenvalue weighted by molar-refractivity contribution is 7.91. The van der Waals surface area contributed by atoms with Crippen LogP contribution in [0.2, 0.25) is 0 Å². The molecule has 2 aliphatic rings. The van der Waals surface area contributed by atoms with Gasteiger partial charge >= 0.3 is 6.61 Å². The molecule has 1 aromatic heterocycles. The Kier molecular flexibility index (Phi) is 6.24. The fourth-order valence-electron chi connectivity index (χ4n) is 4.66. The topological polar surface area (TPSA) is 76.6 Å². The van der Waals surface area contributed by atoms with Crippen molar-refractivity contribution in [3.8, 4) is 5.75 Å². The molecular weight excluding hydrogens is 481 g/mol. The van der Waals surface area contributed by atoms with Gasteiger partial charge < -0.3 is 4.74 Å². The van der Waals surface area contributed by atoms with E-state index in [0.29, 0.717) is 29.8 Å². The summed E-state index contributed by atoms with van der Waals surface area (Å²) in [6, 6.07) is 6.28. The molecule has 0 saturated carbocycles. The average molecular weight is 509 g/mol. The molecule has 0 amide bonds. The van der Waals surface area contributed by atoms with Crippen LogP contribution < -0.4 is 9.64 Å². The molecule has 2 aromatic rings. The number of alkyl halides is 2. The second-order valence-corrected chi connectivity index (χ2v) is 12.4. The fraction of sp³-hybridized carbons (Fsp3) is 0.440. The molecule has 0 unspecified atom stereocenters. The second-order valence-electron chi connectivity index (χ2n) is 10.1. The SMILES string of the molecule is C=C1N(c2cc(OC(F)F)c(F)cn2)c2ccc(C(=O)CC3(C)CCS(=O)(=O)CC3)cc2C1(C)C. The van der Waals surface area contributed by atoms with Crippen LogP contribution in [-0.4, -0.2) is 37.3 Å². The first kappa shape index (κ1) is 25.2. The summed E-state index contributed by atoms with van der Waals surface area (Å²) < 4.78 is 67.2. The third kappa shape index (κ3) is 4.80. The number of halogens is 3. The third-order valence-corrected chi connectivity index (χ3v) is 8.75. The van der Waals surface area contributed by atoms with Gasteiger partial charge in [-0.05, 0) is 42.0 Å². The van der Waals surface area contributed by atoms with Gasteiger partial charge in [0.1, 0.15) is 15.7 Å². The van der Waals surface area contributed by atoms with Gasteiger partial charge in [0.25, 0.3) is 0 Å². The number of rotatable bonds is 6. The minimum Gasteiger partial charge on any atom is -0.431 e. The van der Waals surface area contributed by atoms with E-state index in [0.717, 1.165) is 17.8 Å². The first-order valence-corrected chi connectivity index (χ1v) is 13.0. The Labute approximate surface area is 202 Å². The molecule has 35 heavy (non-hydrogen) atoms. The Morgan fingerprint density at radius 3 is 2.49 bits per heavy atom. The number of sulfone groups is 1. The maximum absolute atomic E-state index is 13.9. The number of hydrogen-bond acceptors (Lipinski definition) is 6. The molecule has 2 aliphatic heterocycles. The summed E-state index contributed by atoms with van der Waals surface area (Å²) in [6.07, 6.45) is 1.94. The number of fused-ring (bicyclic) bond motifs is 1. The number of Topliss-reactive ketones (excluding diaryl/α,β-unsaturated/α-hetero) is 1. The summed E-state index contributed by atoms with van der Waals surface area (Å²) in [7, 11) is -3.04. The van der Waals surface area contributed by atoms with Crippen LogP contribution in [0.25, 0.3) is 0 Å². The number of hydrogen-bond donors (Lipinski definition) is 0. The Morgan fingerprint density at radius 2 is 1.86 bits per heavy atom. The van der Waals surface area contributed by atoms with Crippen LogP contribution in [-0.2, 0) is 15.3 Å². The summed E-state index contributed by atoms with van der Waals surface area (Å²) in [6.45, 7) is 6.73. The molecule has 0 spiro atoms. The van der Waals surface area contributed by atoms with E-state index in [2.05, 4.69) is 16.3 Å². The van der Waals surface area contributed by atoms with E-state index >= 15 is 0 Å². The molecule has 10 heteroatoms. The average Bonchev–Trinajstić information content (AvgIpc) is 2.97. The van der Waals surface area contributed by atoms with Crippen LogP contribution in [0.4, 0.5) is 24.7 Å². The van der Waals surface area contributed by atoms with Crippen molar-refractivity contribution < 1.29 is 31.1 Å². The van der Waals surface area contributed by atoms with E-state index in [4.69, 9.17) is 0 Å². The molecule has 0 aliphatic carbocycles. The Hall–Kier alpha value is -2.88. The van der Waals surface area contributed by atoms with Gasteiger partial charge in [-0.15, -0.1) is 0 Å². The molecule has 0 N–H and O–H groups in total. The monoisotopic (exact) mass is 508 g/mol. The predicted octanol–water partition coefficient (Wildman–Crippen LogP) is 5.55. The summed E-state index contributed by atoms with van der Waals surface area (Å²) in [5.41, 5.74) is 1.49. The molecule has 0 atom stereocenters. The van der Waals surface area contributed by atoms with Gasteiger partial charge in [0, 0.05) is 29.2 Å². The van der Waals surface area contributed by atoms with Crippen LogP contribution in [0.5, 0.6) is 5.75 Å². The molecule has 0 radical (unpaired) electrons. The fourth-order valence-corrected chi connectivity index (χ4v) is 6.47. The van der Waals surface area contributed by atoms with Gasteiger partial charge in [-0.25, -0.2) is 17.8 Å². The van der Waals surface area contributed by atoms with Crippen molar-refractivity contribution in [1.82, 2.24) is 4.98 Å². The van der Waals surface area contributed by atoms with Crippen molar-refractivity contribution in [3.05, 3.63) is 59.7 Å². The molecule has 1 aromatic carbocycles. The quantitative estimate of drug-likeness (QED) is 0.476. The molecule has 1 saturated heterocycles. The Morgan fingerprint density at radius 1 is 1.20 bits per heavy atom. The Bertz CT molecular complexity index is 1290. The van der Waals surface area contributed by atoms with E-state index in [1.807, 2.05) is 20.8 Å². The highest BCUT2D eigenvalue weighted by Gasteiger charge is 2.41. The van der Waals surface area contributed by atoms with Crippen molar-refractivity contribution in [2.75, 3.05) is 16.4 Å². The number of carbonyl (C=O) groups is 1. The van der Waals surface area contributed by atoms with Gasteiger partial charge in [-0.2, -0.15) is 8.78 Å². The summed E-state index contributed by atoms with van der Waals surface area (Å²) in [4.78, 5) is 18.9. The van der Waals surface area contributed by atoms with Gasteiger partial charge in [0.15, 0.2) is 17.3 Å². The van der Waals surface area contributed by atoms with E-state index in [1.54, 1.807) is 23.1 Å². The molecule has 1 fully saturated rings. The molecule has 188 valence electrons. The number of pyridine rings is 1. The van der Waals surface area contributed by atoms with Gasteiger partial charge in [-0.3, -0.25) is 9.69 Å². The van der Waals surface area contributed by atoms with Gasteiger partial charge in [-0.1, -0.05) is 27.4 Å². The number of ether oxygens (including phenoxy) is 1. The zero-order valence-electron chi connectivity index (χ0n) is 19.8. The molecular formula is C25H27F3N2O4S. The number of anilines is 2. The number of aromatic nitrogens is 1. The zero-order chi connectivity index (χ0) is 25.8. The summed E-state index contributed by atoms with van der Waals surface area (Å²) in [5.74, 6) is -1.38. The third-order valence-electron chi connectivity index (χ3n) is 7.10. The zero-order valence-corrected chi connectivity index (χ0v) is 20.6. The van der Waals surface area contributed by atoms with Crippen LogP contribution >= 0.6 is 0 Å². The normalized spacial score (nSPS) is 20.1. The lowest BCUT2D eigenvalue weighted by molar-refractivity contribution is -0.0522. The van der Waals surface area contributed by atoms with Crippen LogP contribution in [0.3, 0.4) is 0 Å². The lowest BCUT2D eigenvalue weighted by Crippen LogP contribution is -2.33. The highest BCUT2D eigenvalue weighted by Crippen LogP contribution is 2.51. The molecule has 6 nitrogen and oxygen atoms in total. The van der Waals surface area contributed by atoms with Crippen molar-refractivity contribution in [3.63, 3.8) is 0 Å². The van der Waals surface area contributed by atoms with Gasteiger partial charge in [0.05, 0.1) is 23.4 Å². The van der Waals surface area contributed by atoms with E-state index < -0.39 is 33.4 Å². The van der Waals surface area contributed by atoms with Crippen LogP contribution in [0.15, 0.2) is 42.7 Å². The standard InChI is InChI=1S/C25H27F3N2O4S/c1-15-24(2,3)17-11-16(20(31)13-25(4)7-9-35(32,33)10-8-25)5-6-19(17)30(15)22-12-21(34-23(27)28)18(26)14-29-22/h5-6,11-12,14,23H,1,7-10,13H2,2-4H3. The minimum absolute atomic E-state index is 0.0815. The Balaban J connectivity index is 1.65. The smallest absolute Gasteiger partial charge is 0.387 e. The van der Waals surface area contributed by atoms with Crippen LogP contribution in [0, 0.1) is 11.2 Å². The molecule has 3 heterocycles. The maximum Gasteiger partial charge on any atom is 0.387 e. The number of benzene rings is 1. The van der Waals surface area contributed by atoms with Crippen molar-refractivity contribution in [2.45, 2.75) is 52.1 Å². The van der Waals surface area contributed by atoms with Gasteiger partial charge in [0.2, 0.25) is 0 Å². The minimum atomic E-state index is -3.19. The highest BCUT2D eigenvalue weighted by atomic mass is 32.2. The summed E-state index contributed by atoms with van der Waals surface area (Å²) >= 11 is 0. The second kappa shape index (κ2) is 8.65. The lowest BCUT2D eigenvalue weighted by Gasteiger charge is -2.32. The first-order valence-electron chi connectivity index (χ1n) is 11.2. The maximum atomic E-state index is 13.9. The summed E-state index contributed by atoms with van der Waals surface area (Å²) in [5, 5.41) is 0. The number of allylic oxidation sites excluding steroid dienone is 1. The lowest BCUT2D eigenvalue weighted by atomic mass is 9.77. The van der Waals surface area contributed by atoms with Crippen molar-refractivity contribution >= 4 is 27.1 Å². The number of carbonyl (C=O) groups excluding carboxylic acids is 1. The predicted molar refractivity (Wildman–Crippen MR) is 127 cm³/mol. The van der Waals surface area contributed by atoms with Crippen molar-refractivity contribution in [1.29, 1.82) is 0 Å². The largest absolute Gasteiger partial charge is 0.431 e. The van der Waals surface area contributed by atoms with E-state index in [-0.39, 0.29) is 34.9 Å².